The summed E-state index contributed by atoms with van der Waals surface area (Å²) in [5.41, 5.74) is -0.897. The molecule has 0 saturated carbocycles. The molecule has 132 valence electrons. The van der Waals surface area contributed by atoms with Gasteiger partial charge in [-0.25, -0.2) is 0 Å². The van der Waals surface area contributed by atoms with Crippen molar-refractivity contribution in [2.24, 2.45) is 11.3 Å². The number of carbonyl (C=O) groups excluding carboxylic acids is 2. The van der Waals surface area contributed by atoms with E-state index in [-0.39, 0.29) is 11.9 Å². The Morgan fingerprint density at radius 2 is 1.65 bits per heavy atom. The normalized spacial score (nSPS) is 23.5. The minimum Gasteiger partial charge on any atom is -0.465 e. The minimum absolute atomic E-state index is 0.265. The summed E-state index contributed by atoms with van der Waals surface area (Å²) in [6, 6.07) is 0. The second kappa shape index (κ2) is 10.5. The zero-order valence-corrected chi connectivity index (χ0v) is 14.9. The molecular formula is C19H32O4. The van der Waals surface area contributed by atoms with Crippen LogP contribution in [0.1, 0.15) is 72.1 Å². The lowest BCUT2D eigenvalue weighted by molar-refractivity contribution is -0.166. The lowest BCUT2D eigenvalue weighted by Gasteiger charge is -2.34. The number of carbonyl (C=O) groups is 2. The van der Waals surface area contributed by atoms with Crippen LogP contribution in [0.15, 0.2) is 12.2 Å². The lowest BCUT2D eigenvalue weighted by Crippen LogP contribution is -2.42. The second-order valence-electron chi connectivity index (χ2n) is 6.53. The maximum atomic E-state index is 12.5. The van der Waals surface area contributed by atoms with Gasteiger partial charge < -0.3 is 9.47 Å². The summed E-state index contributed by atoms with van der Waals surface area (Å²) in [6.45, 7) is 6.88. The van der Waals surface area contributed by atoms with E-state index in [9.17, 15) is 9.59 Å². The first-order valence-corrected chi connectivity index (χ1v) is 9.07. The third-order valence-electron chi connectivity index (χ3n) is 4.51. The van der Waals surface area contributed by atoms with Crippen molar-refractivity contribution in [1.29, 1.82) is 0 Å². The van der Waals surface area contributed by atoms with Gasteiger partial charge in [0.1, 0.15) is 0 Å². The summed E-state index contributed by atoms with van der Waals surface area (Å²) in [4.78, 5) is 24.9. The molecule has 1 rings (SSSR count). The fourth-order valence-electron chi connectivity index (χ4n) is 2.88. The third kappa shape index (κ3) is 6.00. The first-order chi connectivity index (χ1) is 11.1. The summed E-state index contributed by atoms with van der Waals surface area (Å²) < 4.78 is 10.8. The Balaban J connectivity index is 2.60. The molecule has 4 nitrogen and oxygen atoms in total. The van der Waals surface area contributed by atoms with Crippen LogP contribution in [0.2, 0.25) is 0 Å². The van der Waals surface area contributed by atoms with Gasteiger partial charge in [-0.2, -0.15) is 0 Å². The molecule has 0 saturated heterocycles. The predicted molar refractivity (Wildman–Crippen MR) is 90.9 cm³/mol. The van der Waals surface area contributed by atoms with Crippen LogP contribution in [0.4, 0.5) is 0 Å². The summed E-state index contributed by atoms with van der Waals surface area (Å²) in [7, 11) is 0. The highest BCUT2D eigenvalue weighted by atomic mass is 16.5. The second-order valence-corrected chi connectivity index (χ2v) is 6.53. The van der Waals surface area contributed by atoms with Crippen LogP contribution in [0.5, 0.6) is 0 Å². The van der Waals surface area contributed by atoms with Gasteiger partial charge in [0.15, 0.2) is 0 Å². The van der Waals surface area contributed by atoms with Crippen LogP contribution in [-0.2, 0) is 19.1 Å². The molecule has 4 heteroatoms. The Labute approximate surface area is 140 Å². The molecule has 1 aliphatic carbocycles. The van der Waals surface area contributed by atoms with Crippen LogP contribution in [-0.4, -0.2) is 25.2 Å². The molecular weight excluding hydrogens is 292 g/mol. The first kappa shape index (κ1) is 19.7. The van der Waals surface area contributed by atoms with Crippen molar-refractivity contribution in [2.45, 2.75) is 72.1 Å². The molecule has 2 unspecified atom stereocenters. The van der Waals surface area contributed by atoms with E-state index < -0.39 is 11.3 Å². The topological polar surface area (TPSA) is 52.6 Å². The molecule has 0 aromatic heterocycles. The van der Waals surface area contributed by atoms with Crippen molar-refractivity contribution in [3.8, 4) is 0 Å². The number of allylic oxidation sites excluding steroid dienone is 1. The van der Waals surface area contributed by atoms with Gasteiger partial charge in [0.05, 0.1) is 24.5 Å². The maximum Gasteiger partial charge on any atom is 0.316 e. The van der Waals surface area contributed by atoms with Crippen molar-refractivity contribution < 1.29 is 19.1 Å². The molecule has 0 aliphatic heterocycles. The van der Waals surface area contributed by atoms with E-state index in [1.165, 1.54) is 0 Å². The largest absolute Gasteiger partial charge is 0.465 e. The monoisotopic (exact) mass is 324 g/mol. The van der Waals surface area contributed by atoms with E-state index in [1.807, 2.05) is 12.2 Å². The van der Waals surface area contributed by atoms with Crippen LogP contribution < -0.4 is 0 Å². The van der Waals surface area contributed by atoms with Gasteiger partial charge in [-0.3, -0.25) is 9.59 Å². The number of rotatable bonds is 10. The van der Waals surface area contributed by atoms with Crippen LogP contribution in [0.3, 0.4) is 0 Å². The first-order valence-electron chi connectivity index (χ1n) is 9.07. The molecule has 2 atom stereocenters. The van der Waals surface area contributed by atoms with E-state index in [0.29, 0.717) is 19.6 Å². The highest BCUT2D eigenvalue weighted by Crippen LogP contribution is 2.38. The maximum absolute atomic E-state index is 12.5. The van der Waals surface area contributed by atoms with Gasteiger partial charge in [0.25, 0.3) is 0 Å². The van der Waals surface area contributed by atoms with Crippen molar-refractivity contribution in [2.75, 3.05) is 13.2 Å². The van der Waals surface area contributed by atoms with Gasteiger partial charge >= 0.3 is 11.9 Å². The Bertz CT molecular complexity index is 402. The quantitative estimate of drug-likeness (QED) is 0.339. The molecule has 0 aromatic carbocycles. The Morgan fingerprint density at radius 1 is 1.04 bits per heavy atom. The smallest absolute Gasteiger partial charge is 0.316 e. The third-order valence-corrected chi connectivity index (χ3v) is 4.51. The molecule has 0 amide bonds. The number of esters is 2. The molecule has 0 aromatic rings. The molecule has 0 fully saturated rings. The molecule has 23 heavy (non-hydrogen) atoms. The van der Waals surface area contributed by atoms with Crippen LogP contribution >= 0.6 is 0 Å². The Morgan fingerprint density at radius 3 is 2.26 bits per heavy atom. The fraction of sp³-hybridized carbons (Fsp3) is 0.789. The number of unbranched alkanes of at least 4 members (excludes halogenated alkanes) is 4. The molecule has 0 heterocycles. The summed E-state index contributed by atoms with van der Waals surface area (Å²) in [5.74, 6) is -1.01. The van der Waals surface area contributed by atoms with Gasteiger partial charge in [0.2, 0.25) is 0 Å². The van der Waals surface area contributed by atoms with Gasteiger partial charge in [-0.05, 0) is 32.6 Å². The highest BCUT2D eigenvalue weighted by molar-refractivity contribution is 5.87. The fourth-order valence-corrected chi connectivity index (χ4v) is 2.88. The highest BCUT2D eigenvalue weighted by Gasteiger charge is 2.46. The van der Waals surface area contributed by atoms with E-state index in [0.717, 1.165) is 44.9 Å². The van der Waals surface area contributed by atoms with Crippen LogP contribution in [0, 0.1) is 11.3 Å². The van der Waals surface area contributed by atoms with Crippen molar-refractivity contribution in [3.05, 3.63) is 12.2 Å². The Kier molecular flexibility index (Phi) is 8.97. The van der Waals surface area contributed by atoms with Gasteiger partial charge in [-0.1, -0.05) is 51.7 Å². The van der Waals surface area contributed by atoms with Crippen molar-refractivity contribution in [1.82, 2.24) is 0 Å². The molecule has 1 aliphatic rings. The Hall–Kier alpha value is -1.32. The summed E-state index contributed by atoms with van der Waals surface area (Å²) >= 11 is 0. The number of hydrogen-bond donors (Lipinski definition) is 0. The van der Waals surface area contributed by atoms with Gasteiger partial charge in [-0.15, -0.1) is 0 Å². The number of ether oxygens (including phenoxy) is 2. The molecule has 0 spiro atoms. The zero-order valence-electron chi connectivity index (χ0n) is 14.9. The predicted octanol–water partition coefficient (Wildman–Crippen LogP) is 4.43. The average Bonchev–Trinajstić information content (AvgIpc) is 2.55. The van der Waals surface area contributed by atoms with Crippen molar-refractivity contribution >= 4 is 11.9 Å². The minimum atomic E-state index is -0.897. The summed E-state index contributed by atoms with van der Waals surface area (Å²) in [6.07, 6.45) is 11.3. The van der Waals surface area contributed by atoms with Crippen molar-refractivity contribution in [3.63, 3.8) is 0 Å². The summed E-state index contributed by atoms with van der Waals surface area (Å²) in [5, 5.41) is 0. The SMILES string of the molecule is CCCCCOC(=O)C1CCC=CC1(C)C(=O)OCCCCC. The van der Waals surface area contributed by atoms with E-state index >= 15 is 0 Å². The van der Waals surface area contributed by atoms with Gasteiger partial charge in [0, 0.05) is 0 Å². The molecule has 0 radical (unpaired) electrons. The standard InChI is InChI=1S/C19H32O4/c1-4-6-10-14-22-17(20)16-12-8-9-13-19(16,3)18(21)23-15-11-7-5-2/h9,13,16H,4-8,10-12,14-15H2,1-3H3. The molecule has 0 bridgehead atoms. The van der Waals surface area contributed by atoms with E-state index in [2.05, 4.69) is 13.8 Å². The number of hydrogen-bond acceptors (Lipinski definition) is 4. The van der Waals surface area contributed by atoms with Crippen LogP contribution in [0.25, 0.3) is 0 Å². The molecule has 0 N–H and O–H groups in total. The zero-order chi connectivity index (χ0) is 17.1. The van der Waals surface area contributed by atoms with E-state index in [1.54, 1.807) is 6.92 Å². The lowest BCUT2D eigenvalue weighted by atomic mass is 9.71. The van der Waals surface area contributed by atoms with E-state index in [4.69, 9.17) is 9.47 Å². The average molecular weight is 324 g/mol.